The lowest BCUT2D eigenvalue weighted by atomic mass is 10.2. The van der Waals surface area contributed by atoms with Crippen LogP contribution in [0.2, 0.25) is 0 Å². The third kappa shape index (κ3) is 6.88. The van der Waals surface area contributed by atoms with Crippen LogP contribution in [-0.2, 0) is 27.8 Å². The quantitative estimate of drug-likeness (QED) is 0.441. The largest absolute Gasteiger partial charge is 0.486 e. The number of carbonyl (C=O) groups is 1. The fourth-order valence-corrected chi connectivity index (χ4v) is 5.03. The summed E-state index contributed by atoms with van der Waals surface area (Å²) in [5.41, 5.74) is 3.37. The monoisotopic (exact) mass is 473 g/mol. The predicted molar refractivity (Wildman–Crippen MR) is 125 cm³/mol. The Morgan fingerprint density at radius 3 is 2.50 bits per heavy atom. The van der Waals surface area contributed by atoms with Crippen molar-refractivity contribution >= 4 is 27.3 Å². The van der Waals surface area contributed by atoms with Crippen LogP contribution >= 0.6 is 11.3 Å². The van der Waals surface area contributed by atoms with Crippen LogP contribution in [0.1, 0.15) is 27.4 Å². The van der Waals surface area contributed by atoms with Gasteiger partial charge in [0.05, 0.1) is 17.0 Å². The van der Waals surface area contributed by atoms with E-state index in [2.05, 4.69) is 15.0 Å². The molecular weight excluding hydrogens is 446 g/mol. The van der Waals surface area contributed by atoms with Crippen LogP contribution in [0.4, 0.5) is 0 Å². The van der Waals surface area contributed by atoms with Gasteiger partial charge in [-0.05, 0) is 50.1 Å². The average molecular weight is 474 g/mol. The molecule has 2 aromatic carbocycles. The van der Waals surface area contributed by atoms with E-state index in [1.807, 2.05) is 49.6 Å². The number of carbonyl (C=O) groups excluding carboxylic acids is 1. The molecule has 0 bridgehead atoms. The van der Waals surface area contributed by atoms with Gasteiger partial charge in [-0.25, -0.2) is 18.1 Å². The number of amides is 1. The standard InChI is InChI=1S/C23H27N3O4S2/c1-16-5-8-20(9-6-16)30-14-23-26-19(15-31-23)13-22(27)24-10-11-25-32(28,29)21-12-17(2)4-7-18(21)3/h4-9,12,15,25H,10-11,13-14H2,1-3H3,(H,24,27). The zero-order chi connectivity index (χ0) is 23.1. The molecule has 9 heteroatoms. The van der Waals surface area contributed by atoms with E-state index in [0.717, 1.165) is 21.9 Å². The van der Waals surface area contributed by atoms with E-state index in [0.29, 0.717) is 17.9 Å². The van der Waals surface area contributed by atoms with Crippen LogP contribution in [0.3, 0.4) is 0 Å². The number of rotatable bonds is 10. The second kappa shape index (κ2) is 10.7. The van der Waals surface area contributed by atoms with Crippen molar-refractivity contribution in [2.75, 3.05) is 13.1 Å². The number of aromatic nitrogens is 1. The lowest BCUT2D eigenvalue weighted by Gasteiger charge is -2.10. The first-order valence-electron chi connectivity index (χ1n) is 10.2. The van der Waals surface area contributed by atoms with Gasteiger partial charge >= 0.3 is 0 Å². The SMILES string of the molecule is Cc1ccc(OCc2nc(CC(=O)NCCNS(=O)(=O)c3cc(C)ccc3C)cs2)cc1. The van der Waals surface area contributed by atoms with Gasteiger partial charge in [0.25, 0.3) is 0 Å². The van der Waals surface area contributed by atoms with Crippen molar-refractivity contribution in [3.05, 3.63) is 75.2 Å². The summed E-state index contributed by atoms with van der Waals surface area (Å²) in [5, 5.41) is 5.34. The van der Waals surface area contributed by atoms with Crippen LogP contribution < -0.4 is 14.8 Å². The molecule has 0 aliphatic heterocycles. The molecule has 7 nitrogen and oxygen atoms in total. The van der Waals surface area contributed by atoms with Gasteiger partial charge < -0.3 is 10.1 Å². The molecule has 0 spiro atoms. The molecule has 1 aromatic heterocycles. The fourth-order valence-electron chi connectivity index (χ4n) is 2.96. The summed E-state index contributed by atoms with van der Waals surface area (Å²) < 4.78 is 33.2. The number of thiazole rings is 1. The maximum absolute atomic E-state index is 12.5. The highest BCUT2D eigenvalue weighted by molar-refractivity contribution is 7.89. The van der Waals surface area contributed by atoms with Crippen molar-refractivity contribution in [3.63, 3.8) is 0 Å². The second-order valence-corrected chi connectivity index (χ2v) is 10.2. The molecular formula is C23H27N3O4S2. The van der Waals surface area contributed by atoms with Crippen LogP contribution in [0, 0.1) is 20.8 Å². The summed E-state index contributed by atoms with van der Waals surface area (Å²) in [4.78, 5) is 16.9. The topological polar surface area (TPSA) is 97.4 Å². The molecule has 1 heterocycles. The third-order valence-corrected chi connectivity index (χ3v) is 7.17. The van der Waals surface area contributed by atoms with Crippen molar-refractivity contribution in [1.29, 1.82) is 0 Å². The maximum atomic E-state index is 12.5. The number of benzene rings is 2. The van der Waals surface area contributed by atoms with Gasteiger partial charge in [0.1, 0.15) is 17.4 Å². The molecule has 0 atom stereocenters. The average Bonchev–Trinajstić information content (AvgIpc) is 3.19. The second-order valence-electron chi connectivity index (χ2n) is 7.53. The molecule has 2 N–H and O–H groups in total. The Morgan fingerprint density at radius 2 is 1.75 bits per heavy atom. The molecule has 0 radical (unpaired) electrons. The molecule has 0 aliphatic carbocycles. The van der Waals surface area contributed by atoms with Gasteiger partial charge in [-0.2, -0.15) is 0 Å². The van der Waals surface area contributed by atoms with Gasteiger partial charge in [-0.1, -0.05) is 29.8 Å². The van der Waals surface area contributed by atoms with E-state index in [9.17, 15) is 13.2 Å². The number of aryl methyl sites for hydroxylation is 3. The Labute approximate surface area is 192 Å². The number of nitrogens with zero attached hydrogens (tertiary/aromatic N) is 1. The van der Waals surface area contributed by atoms with Gasteiger partial charge in [0.2, 0.25) is 15.9 Å². The number of hydrogen-bond donors (Lipinski definition) is 2. The van der Waals surface area contributed by atoms with E-state index in [-0.39, 0.29) is 30.3 Å². The first kappa shape index (κ1) is 23.9. The van der Waals surface area contributed by atoms with E-state index in [4.69, 9.17) is 4.74 Å². The summed E-state index contributed by atoms with van der Waals surface area (Å²) in [6.07, 6.45) is 0.130. The molecule has 0 unspecified atom stereocenters. The summed E-state index contributed by atoms with van der Waals surface area (Å²) >= 11 is 1.44. The number of nitrogens with one attached hydrogen (secondary N) is 2. The molecule has 3 rings (SSSR count). The van der Waals surface area contributed by atoms with Crippen molar-refractivity contribution in [2.45, 2.75) is 38.7 Å². The predicted octanol–water partition coefficient (Wildman–Crippen LogP) is 3.28. The van der Waals surface area contributed by atoms with Crippen molar-refractivity contribution in [1.82, 2.24) is 15.0 Å². The highest BCUT2D eigenvalue weighted by atomic mass is 32.2. The van der Waals surface area contributed by atoms with Crippen molar-refractivity contribution in [3.8, 4) is 5.75 Å². The maximum Gasteiger partial charge on any atom is 0.240 e. The van der Waals surface area contributed by atoms with Gasteiger partial charge in [0, 0.05) is 18.5 Å². The minimum atomic E-state index is -3.62. The van der Waals surface area contributed by atoms with Crippen LogP contribution in [0.25, 0.3) is 0 Å². The summed E-state index contributed by atoms with van der Waals surface area (Å²) in [5.74, 6) is 0.556. The zero-order valence-corrected chi connectivity index (χ0v) is 20.0. The fraction of sp³-hybridized carbons (Fsp3) is 0.304. The summed E-state index contributed by atoms with van der Waals surface area (Å²) in [6.45, 7) is 6.25. The molecule has 0 saturated carbocycles. The minimum Gasteiger partial charge on any atom is -0.486 e. The minimum absolute atomic E-state index is 0.105. The first-order valence-corrected chi connectivity index (χ1v) is 12.6. The van der Waals surface area contributed by atoms with Crippen LogP contribution in [0.15, 0.2) is 52.7 Å². The van der Waals surface area contributed by atoms with Crippen LogP contribution in [0.5, 0.6) is 5.75 Å². The first-order chi connectivity index (χ1) is 15.2. The smallest absolute Gasteiger partial charge is 0.240 e. The molecule has 32 heavy (non-hydrogen) atoms. The van der Waals surface area contributed by atoms with E-state index in [1.165, 1.54) is 11.3 Å². The highest BCUT2D eigenvalue weighted by Crippen LogP contribution is 2.17. The molecule has 170 valence electrons. The molecule has 0 aliphatic rings. The Bertz CT molecular complexity index is 1170. The highest BCUT2D eigenvalue weighted by Gasteiger charge is 2.16. The van der Waals surface area contributed by atoms with Gasteiger partial charge in [-0.3, -0.25) is 4.79 Å². The molecule has 3 aromatic rings. The Hall–Kier alpha value is -2.75. The van der Waals surface area contributed by atoms with Crippen molar-refractivity contribution in [2.24, 2.45) is 0 Å². The zero-order valence-electron chi connectivity index (χ0n) is 18.3. The lowest BCUT2D eigenvalue weighted by molar-refractivity contribution is -0.120. The summed E-state index contributed by atoms with van der Waals surface area (Å²) in [6, 6.07) is 13.1. The van der Waals surface area contributed by atoms with Gasteiger partial charge in [-0.15, -0.1) is 11.3 Å². The molecule has 0 saturated heterocycles. The normalized spacial score (nSPS) is 11.3. The Morgan fingerprint density at radius 1 is 1.03 bits per heavy atom. The molecule has 0 fully saturated rings. The van der Waals surface area contributed by atoms with E-state index < -0.39 is 10.0 Å². The summed E-state index contributed by atoms with van der Waals surface area (Å²) in [7, 11) is -3.62. The molecule has 1 amide bonds. The van der Waals surface area contributed by atoms with E-state index >= 15 is 0 Å². The third-order valence-electron chi connectivity index (χ3n) is 4.70. The van der Waals surface area contributed by atoms with Crippen molar-refractivity contribution < 1.29 is 17.9 Å². The Kier molecular flexibility index (Phi) is 8.00. The van der Waals surface area contributed by atoms with Crippen LogP contribution in [-0.4, -0.2) is 32.4 Å². The number of sulfonamides is 1. The lowest BCUT2D eigenvalue weighted by Crippen LogP contribution is -2.35. The Balaban J connectivity index is 1.41. The van der Waals surface area contributed by atoms with Gasteiger partial charge in [0.15, 0.2) is 0 Å². The number of hydrogen-bond acceptors (Lipinski definition) is 6. The van der Waals surface area contributed by atoms with E-state index in [1.54, 1.807) is 19.1 Å². The number of ether oxygens (including phenoxy) is 1.